The lowest BCUT2D eigenvalue weighted by atomic mass is 10.1. The second-order valence-electron chi connectivity index (χ2n) is 4.73. The predicted octanol–water partition coefficient (Wildman–Crippen LogP) is 1.93. The number of benzene rings is 1. The monoisotopic (exact) mass is 291 g/mol. The molecule has 1 N–H and O–H groups in total. The minimum absolute atomic E-state index is 0.0790. The number of rotatable bonds is 6. The molecule has 0 radical (unpaired) electrons. The summed E-state index contributed by atoms with van der Waals surface area (Å²) in [4.78, 5) is 10.2. The quantitative estimate of drug-likeness (QED) is 0.881. The molecule has 0 saturated heterocycles. The first-order valence-electron chi connectivity index (χ1n) is 6.62. The Labute approximate surface area is 123 Å². The van der Waals surface area contributed by atoms with Crippen molar-refractivity contribution >= 4 is 5.82 Å². The lowest BCUT2D eigenvalue weighted by Gasteiger charge is -2.18. The van der Waals surface area contributed by atoms with E-state index >= 15 is 0 Å². The number of halogens is 1. The highest BCUT2D eigenvalue weighted by Crippen LogP contribution is 2.16. The molecule has 1 heterocycles. The molecule has 0 bridgehead atoms. The van der Waals surface area contributed by atoms with E-state index in [-0.39, 0.29) is 19.0 Å². The van der Waals surface area contributed by atoms with Gasteiger partial charge in [0.2, 0.25) is 5.88 Å². The second kappa shape index (κ2) is 6.99. The number of anilines is 1. The van der Waals surface area contributed by atoms with Crippen LogP contribution in [0.3, 0.4) is 0 Å². The van der Waals surface area contributed by atoms with Crippen molar-refractivity contribution in [2.45, 2.75) is 13.5 Å². The third-order valence-electron chi connectivity index (χ3n) is 2.99. The van der Waals surface area contributed by atoms with Gasteiger partial charge in [-0.3, -0.25) is 4.98 Å². The van der Waals surface area contributed by atoms with Crippen LogP contribution in [-0.4, -0.2) is 35.3 Å². The molecule has 0 amide bonds. The molecule has 0 aliphatic rings. The van der Waals surface area contributed by atoms with Crippen molar-refractivity contribution in [2.24, 2.45) is 0 Å². The van der Waals surface area contributed by atoms with Crippen LogP contribution in [0.25, 0.3) is 0 Å². The van der Waals surface area contributed by atoms with Crippen LogP contribution in [0.15, 0.2) is 30.6 Å². The van der Waals surface area contributed by atoms with Crippen molar-refractivity contribution in [1.29, 1.82) is 0 Å². The zero-order valence-electron chi connectivity index (χ0n) is 12.1. The minimum Gasteiger partial charge on any atom is -0.474 e. The fourth-order valence-corrected chi connectivity index (χ4v) is 1.83. The van der Waals surface area contributed by atoms with E-state index in [1.54, 1.807) is 19.2 Å². The van der Waals surface area contributed by atoms with Gasteiger partial charge >= 0.3 is 0 Å². The Morgan fingerprint density at radius 2 is 2.14 bits per heavy atom. The Morgan fingerprint density at radius 3 is 2.86 bits per heavy atom. The number of ether oxygens (including phenoxy) is 1. The Bertz CT molecular complexity index is 607. The van der Waals surface area contributed by atoms with Gasteiger partial charge in [-0.2, -0.15) is 4.98 Å². The third kappa shape index (κ3) is 4.13. The molecule has 6 heteroatoms. The van der Waals surface area contributed by atoms with Crippen LogP contribution in [0.1, 0.15) is 11.1 Å². The van der Waals surface area contributed by atoms with Crippen molar-refractivity contribution in [3.8, 4) is 5.88 Å². The predicted molar refractivity (Wildman–Crippen MR) is 77.9 cm³/mol. The molecule has 0 atom stereocenters. The summed E-state index contributed by atoms with van der Waals surface area (Å²) >= 11 is 0. The minimum atomic E-state index is -0.216. The van der Waals surface area contributed by atoms with Gasteiger partial charge in [-0.15, -0.1) is 0 Å². The number of aliphatic hydroxyl groups excluding tert-OH is 1. The van der Waals surface area contributed by atoms with Gasteiger partial charge in [0.1, 0.15) is 12.4 Å². The first-order chi connectivity index (χ1) is 10.1. The summed E-state index contributed by atoms with van der Waals surface area (Å²) in [5.74, 6) is 0.752. The van der Waals surface area contributed by atoms with Crippen LogP contribution < -0.4 is 9.64 Å². The topological polar surface area (TPSA) is 58.5 Å². The summed E-state index contributed by atoms with van der Waals surface area (Å²) in [6.45, 7) is 2.33. The van der Waals surface area contributed by atoms with Crippen LogP contribution in [0.2, 0.25) is 0 Å². The first kappa shape index (κ1) is 15.2. The average molecular weight is 291 g/mol. The SMILES string of the molecule is Cc1ccc(CN(C)c2cncc(OCCO)n2)cc1F. The Kier molecular flexibility index (Phi) is 5.05. The Balaban J connectivity index is 2.08. The Morgan fingerprint density at radius 1 is 1.33 bits per heavy atom. The zero-order chi connectivity index (χ0) is 15.2. The first-order valence-corrected chi connectivity index (χ1v) is 6.62. The molecule has 1 aromatic carbocycles. The molecule has 21 heavy (non-hydrogen) atoms. The van der Waals surface area contributed by atoms with Crippen LogP contribution >= 0.6 is 0 Å². The van der Waals surface area contributed by atoms with Crippen LogP contribution in [-0.2, 0) is 6.54 Å². The van der Waals surface area contributed by atoms with Gasteiger partial charge in [-0.05, 0) is 24.1 Å². The fraction of sp³-hybridized carbons (Fsp3) is 0.333. The molecule has 2 aromatic rings. The summed E-state index contributed by atoms with van der Waals surface area (Å²) in [6.07, 6.45) is 3.09. The molecule has 0 aliphatic heterocycles. The maximum Gasteiger partial charge on any atom is 0.234 e. The van der Waals surface area contributed by atoms with E-state index in [0.29, 0.717) is 23.8 Å². The number of hydrogen-bond acceptors (Lipinski definition) is 5. The van der Waals surface area contributed by atoms with Crippen LogP contribution in [0, 0.1) is 12.7 Å². The summed E-state index contributed by atoms with van der Waals surface area (Å²) in [5, 5.41) is 8.73. The van der Waals surface area contributed by atoms with Crippen molar-refractivity contribution in [3.63, 3.8) is 0 Å². The van der Waals surface area contributed by atoms with E-state index in [0.717, 1.165) is 5.56 Å². The van der Waals surface area contributed by atoms with Gasteiger partial charge < -0.3 is 14.7 Å². The molecule has 2 rings (SSSR count). The summed E-state index contributed by atoms with van der Waals surface area (Å²) < 4.78 is 18.8. The van der Waals surface area contributed by atoms with Gasteiger partial charge in [-0.1, -0.05) is 12.1 Å². The third-order valence-corrected chi connectivity index (χ3v) is 2.99. The van der Waals surface area contributed by atoms with Crippen molar-refractivity contribution in [3.05, 3.63) is 47.5 Å². The second-order valence-corrected chi connectivity index (χ2v) is 4.73. The zero-order valence-corrected chi connectivity index (χ0v) is 12.1. The highest BCUT2D eigenvalue weighted by Gasteiger charge is 2.07. The normalized spacial score (nSPS) is 10.5. The molecule has 0 fully saturated rings. The van der Waals surface area contributed by atoms with Crippen LogP contribution in [0.4, 0.5) is 10.2 Å². The molecule has 0 spiro atoms. The standard InChI is InChI=1S/C15H18FN3O2/c1-11-3-4-12(7-13(11)16)10-19(2)14-8-17-9-15(18-14)21-6-5-20/h3-4,7-9,20H,5-6,10H2,1-2H3. The van der Waals surface area contributed by atoms with E-state index in [4.69, 9.17) is 9.84 Å². The number of aliphatic hydroxyl groups is 1. The molecular formula is C15H18FN3O2. The van der Waals surface area contributed by atoms with E-state index in [9.17, 15) is 4.39 Å². The van der Waals surface area contributed by atoms with Crippen molar-refractivity contribution < 1.29 is 14.2 Å². The molecule has 5 nitrogen and oxygen atoms in total. The van der Waals surface area contributed by atoms with Crippen molar-refractivity contribution in [1.82, 2.24) is 9.97 Å². The Hall–Kier alpha value is -2.21. The highest BCUT2D eigenvalue weighted by atomic mass is 19.1. The average Bonchev–Trinajstić information content (AvgIpc) is 2.49. The van der Waals surface area contributed by atoms with Gasteiger partial charge in [-0.25, -0.2) is 4.39 Å². The largest absolute Gasteiger partial charge is 0.474 e. The van der Waals surface area contributed by atoms with Crippen LogP contribution in [0.5, 0.6) is 5.88 Å². The number of nitrogens with zero attached hydrogens (tertiary/aromatic N) is 3. The molecule has 0 saturated carbocycles. The number of hydrogen-bond donors (Lipinski definition) is 1. The molecule has 0 aliphatic carbocycles. The van der Waals surface area contributed by atoms with Gasteiger partial charge in [0.15, 0.2) is 5.82 Å². The lowest BCUT2D eigenvalue weighted by Crippen LogP contribution is -2.18. The van der Waals surface area contributed by atoms with E-state index < -0.39 is 0 Å². The lowest BCUT2D eigenvalue weighted by molar-refractivity contribution is 0.196. The molecule has 1 aromatic heterocycles. The van der Waals surface area contributed by atoms with Gasteiger partial charge in [0.25, 0.3) is 0 Å². The number of aromatic nitrogens is 2. The summed E-state index contributed by atoms with van der Waals surface area (Å²) in [6, 6.07) is 5.16. The van der Waals surface area contributed by atoms with E-state index in [1.165, 1.54) is 12.3 Å². The maximum absolute atomic E-state index is 13.5. The molecule has 0 unspecified atom stereocenters. The summed E-state index contributed by atoms with van der Waals surface area (Å²) in [5.41, 5.74) is 1.48. The van der Waals surface area contributed by atoms with E-state index in [1.807, 2.05) is 18.0 Å². The van der Waals surface area contributed by atoms with Gasteiger partial charge in [0, 0.05) is 13.6 Å². The van der Waals surface area contributed by atoms with Gasteiger partial charge in [0.05, 0.1) is 19.0 Å². The van der Waals surface area contributed by atoms with E-state index in [2.05, 4.69) is 9.97 Å². The smallest absolute Gasteiger partial charge is 0.234 e. The molecular weight excluding hydrogens is 273 g/mol. The highest BCUT2D eigenvalue weighted by molar-refractivity contribution is 5.38. The number of aryl methyl sites for hydroxylation is 1. The summed E-state index contributed by atoms with van der Waals surface area (Å²) in [7, 11) is 1.84. The maximum atomic E-state index is 13.5. The fourth-order valence-electron chi connectivity index (χ4n) is 1.83. The van der Waals surface area contributed by atoms with Crippen molar-refractivity contribution in [2.75, 3.05) is 25.2 Å². The molecule has 112 valence electrons.